The normalized spacial score (nSPS) is 29.2. The number of carbonyl (C=O) groups excluding carboxylic acids is 3. The van der Waals surface area contributed by atoms with Crippen molar-refractivity contribution in [3.63, 3.8) is 0 Å². The van der Waals surface area contributed by atoms with Gasteiger partial charge < -0.3 is 5.32 Å². The minimum Gasteiger partial charge on any atom is -0.358 e. The van der Waals surface area contributed by atoms with Gasteiger partial charge in [0.2, 0.25) is 17.7 Å². The van der Waals surface area contributed by atoms with E-state index in [-0.39, 0.29) is 36.1 Å². The molecule has 2 atom stereocenters. The molecule has 1 heterocycles. The lowest BCUT2D eigenvalue weighted by atomic mass is 9.81. The molecule has 0 aromatic carbocycles. The van der Waals surface area contributed by atoms with Crippen LogP contribution >= 0.6 is 0 Å². The van der Waals surface area contributed by atoms with Crippen LogP contribution in [0.4, 0.5) is 0 Å². The fourth-order valence-electron chi connectivity index (χ4n) is 2.61. The van der Waals surface area contributed by atoms with Gasteiger partial charge in [-0.1, -0.05) is 12.8 Å². The summed E-state index contributed by atoms with van der Waals surface area (Å²) in [7, 11) is 1.50. The third kappa shape index (κ3) is 1.70. The van der Waals surface area contributed by atoms with Gasteiger partial charge in [-0.25, -0.2) is 0 Å². The number of rotatable bonds is 2. The second-order valence-corrected chi connectivity index (χ2v) is 4.43. The van der Waals surface area contributed by atoms with E-state index in [0.29, 0.717) is 0 Å². The quantitative estimate of drug-likeness (QED) is 0.666. The van der Waals surface area contributed by atoms with E-state index in [2.05, 4.69) is 5.32 Å². The molecule has 0 radical (unpaired) electrons. The van der Waals surface area contributed by atoms with Crippen molar-refractivity contribution in [2.24, 2.45) is 11.8 Å². The van der Waals surface area contributed by atoms with Crippen molar-refractivity contribution in [1.29, 1.82) is 0 Å². The fourth-order valence-corrected chi connectivity index (χ4v) is 2.61. The van der Waals surface area contributed by atoms with Gasteiger partial charge in [0, 0.05) is 7.05 Å². The van der Waals surface area contributed by atoms with Crippen LogP contribution in [0.2, 0.25) is 0 Å². The highest BCUT2D eigenvalue weighted by atomic mass is 16.2. The van der Waals surface area contributed by atoms with Crippen LogP contribution in [0.25, 0.3) is 0 Å². The van der Waals surface area contributed by atoms with E-state index < -0.39 is 0 Å². The molecule has 2 rings (SSSR count). The van der Waals surface area contributed by atoms with Gasteiger partial charge in [-0.3, -0.25) is 19.3 Å². The van der Waals surface area contributed by atoms with Crippen LogP contribution in [0.15, 0.2) is 0 Å². The van der Waals surface area contributed by atoms with Crippen LogP contribution in [-0.4, -0.2) is 36.2 Å². The maximum absolute atomic E-state index is 11.9. The summed E-state index contributed by atoms with van der Waals surface area (Å²) in [5.74, 6) is -0.922. The number of nitrogens with zero attached hydrogens (tertiary/aromatic N) is 1. The van der Waals surface area contributed by atoms with E-state index in [9.17, 15) is 14.4 Å². The summed E-state index contributed by atoms with van der Waals surface area (Å²) < 4.78 is 0. The molecule has 2 unspecified atom stereocenters. The molecule has 1 saturated carbocycles. The SMILES string of the molecule is CNC(=O)CN1C(=O)C2CCCCC2C1=O. The van der Waals surface area contributed by atoms with Crippen molar-refractivity contribution >= 4 is 17.7 Å². The van der Waals surface area contributed by atoms with Crippen LogP contribution < -0.4 is 5.32 Å². The fraction of sp³-hybridized carbons (Fsp3) is 0.727. The Morgan fingerprint density at radius 1 is 1.25 bits per heavy atom. The molecule has 1 aliphatic carbocycles. The average molecular weight is 224 g/mol. The first-order chi connectivity index (χ1) is 7.65. The minimum absolute atomic E-state index is 0.124. The Kier molecular flexibility index (Phi) is 2.94. The monoisotopic (exact) mass is 224 g/mol. The van der Waals surface area contributed by atoms with E-state index in [1.807, 2.05) is 0 Å². The number of fused-ring (bicyclic) bond motifs is 1. The number of hydrogen-bond acceptors (Lipinski definition) is 3. The van der Waals surface area contributed by atoms with Crippen molar-refractivity contribution < 1.29 is 14.4 Å². The van der Waals surface area contributed by atoms with Gasteiger partial charge in [0.15, 0.2) is 0 Å². The van der Waals surface area contributed by atoms with Crippen molar-refractivity contribution in [3.05, 3.63) is 0 Å². The van der Waals surface area contributed by atoms with E-state index in [4.69, 9.17) is 0 Å². The summed E-state index contributed by atoms with van der Waals surface area (Å²) in [6.45, 7) is -0.124. The van der Waals surface area contributed by atoms with Crippen molar-refractivity contribution in [2.45, 2.75) is 25.7 Å². The molecule has 3 amide bonds. The van der Waals surface area contributed by atoms with Gasteiger partial charge in [-0.2, -0.15) is 0 Å². The lowest BCUT2D eigenvalue weighted by molar-refractivity contribution is -0.143. The number of hydrogen-bond donors (Lipinski definition) is 1. The standard InChI is InChI=1S/C11H16N2O3/c1-12-9(14)6-13-10(15)7-4-2-3-5-8(7)11(13)16/h7-8H,2-6H2,1H3,(H,12,14). The zero-order valence-electron chi connectivity index (χ0n) is 9.36. The van der Waals surface area contributed by atoms with Crippen molar-refractivity contribution in [3.8, 4) is 0 Å². The third-order valence-electron chi connectivity index (χ3n) is 3.51. The minimum atomic E-state index is -0.291. The van der Waals surface area contributed by atoms with Gasteiger partial charge in [-0.05, 0) is 12.8 Å². The Balaban J connectivity index is 2.12. The Hall–Kier alpha value is -1.39. The summed E-state index contributed by atoms with van der Waals surface area (Å²) in [6, 6.07) is 0. The summed E-state index contributed by atoms with van der Waals surface area (Å²) in [5.41, 5.74) is 0. The highest BCUT2D eigenvalue weighted by Gasteiger charge is 2.48. The highest BCUT2D eigenvalue weighted by molar-refractivity contribution is 6.07. The Bertz CT molecular complexity index is 316. The number of amides is 3. The van der Waals surface area contributed by atoms with Crippen LogP contribution in [0.1, 0.15) is 25.7 Å². The summed E-state index contributed by atoms with van der Waals surface area (Å²) in [6.07, 6.45) is 3.60. The van der Waals surface area contributed by atoms with Crippen molar-refractivity contribution in [1.82, 2.24) is 10.2 Å². The molecule has 0 aromatic rings. The summed E-state index contributed by atoms with van der Waals surface area (Å²) in [5, 5.41) is 2.43. The molecule has 88 valence electrons. The molecule has 0 aromatic heterocycles. The molecule has 1 aliphatic heterocycles. The first-order valence-corrected chi connectivity index (χ1v) is 5.71. The molecule has 0 bridgehead atoms. The van der Waals surface area contributed by atoms with Gasteiger partial charge >= 0.3 is 0 Å². The zero-order valence-corrected chi connectivity index (χ0v) is 9.36. The highest BCUT2D eigenvalue weighted by Crippen LogP contribution is 2.37. The molecular weight excluding hydrogens is 208 g/mol. The first-order valence-electron chi connectivity index (χ1n) is 5.71. The smallest absolute Gasteiger partial charge is 0.239 e. The molecule has 5 nitrogen and oxygen atoms in total. The largest absolute Gasteiger partial charge is 0.358 e. The van der Waals surface area contributed by atoms with Gasteiger partial charge in [0.25, 0.3) is 0 Å². The second-order valence-electron chi connectivity index (χ2n) is 4.43. The van der Waals surface area contributed by atoms with Gasteiger partial charge in [0.1, 0.15) is 6.54 Å². The number of nitrogens with one attached hydrogen (secondary N) is 1. The average Bonchev–Trinajstić information content (AvgIpc) is 2.55. The Morgan fingerprint density at radius 3 is 2.19 bits per heavy atom. The lowest BCUT2D eigenvalue weighted by Crippen LogP contribution is -2.39. The van der Waals surface area contributed by atoms with Crippen LogP contribution in [0, 0.1) is 11.8 Å². The Labute approximate surface area is 94.2 Å². The van der Waals surface area contributed by atoms with Crippen LogP contribution in [0.3, 0.4) is 0 Å². The molecule has 5 heteroatoms. The maximum Gasteiger partial charge on any atom is 0.239 e. The molecule has 2 aliphatic rings. The molecule has 2 fully saturated rings. The second kappa shape index (κ2) is 4.23. The number of carbonyl (C=O) groups is 3. The van der Waals surface area contributed by atoms with E-state index >= 15 is 0 Å². The van der Waals surface area contributed by atoms with Gasteiger partial charge in [0.05, 0.1) is 11.8 Å². The zero-order chi connectivity index (χ0) is 11.7. The third-order valence-corrected chi connectivity index (χ3v) is 3.51. The number of imide groups is 1. The van der Waals surface area contributed by atoms with Crippen molar-refractivity contribution in [2.75, 3.05) is 13.6 Å². The number of likely N-dealkylation sites (N-methyl/N-ethyl adjacent to an activating group) is 1. The van der Waals surface area contributed by atoms with E-state index in [0.717, 1.165) is 30.6 Å². The predicted octanol–water partition coefficient (Wildman–Crippen LogP) is -0.0924. The predicted molar refractivity (Wildman–Crippen MR) is 56.2 cm³/mol. The molecule has 0 spiro atoms. The lowest BCUT2D eigenvalue weighted by Gasteiger charge is -2.19. The van der Waals surface area contributed by atoms with Crippen LogP contribution in [0.5, 0.6) is 0 Å². The van der Waals surface area contributed by atoms with Gasteiger partial charge in [-0.15, -0.1) is 0 Å². The topological polar surface area (TPSA) is 66.5 Å². The summed E-state index contributed by atoms with van der Waals surface area (Å²) in [4.78, 5) is 36.2. The molecule has 1 N–H and O–H groups in total. The first kappa shape index (κ1) is 11.1. The Morgan fingerprint density at radius 2 is 1.75 bits per heavy atom. The molecule has 1 saturated heterocycles. The number of likely N-dealkylation sites (tertiary alicyclic amines) is 1. The van der Waals surface area contributed by atoms with Crippen LogP contribution in [-0.2, 0) is 14.4 Å². The van der Waals surface area contributed by atoms with E-state index in [1.54, 1.807) is 0 Å². The maximum atomic E-state index is 11.9. The molecular formula is C11H16N2O3. The van der Waals surface area contributed by atoms with E-state index in [1.165, 1.54) is 7.05 Å². The summed E-state index contributed by atoms with van der Waals surface area (Å²) >= 11 is 0. The molecule has 16 heavy (non-hydrogen) atoms.